The Morgan fingerprint density at radius 2 is 2.00 bits per heavy atom. The minimum absolute atomic E-state index is 0.493. The molecule has 0 heterocycles. The molecule has 0 saturated heterocycles. The van der Waals surface area contributed by atoms with Gasteiger partial charge in [-0.05, 0) is 71.4 Å². The van der Waals surface area contributed by atoms with Gasteiger partial charge in [0.25, 0.3) is 0 Å². The lowest BCUT2D eigenvalue weighted by atomic mass is 9.91. The lowest BCUT2D eigenvalue weighted by Gasteiger charge is -2.21. The summed E-state index contributed by atoms with van der Waals surface area (Å²) >= 11 is 2.41. The molecule has 17 heavy (non-hydrogen) atoms. The van der Waals surface area contributed by atoms with Gasteiger partial charge in [-0.3, -0.25) is 0 Å². The Hall–Kier alpha value is -0.250. The Morgan fingerprint density at radius 3 is 2.59 bits per heavy atom. The van der Waals surface area contributed by atoms with E-state index in [0.29, 0.717) is 11.5 Å². The van der Waals surface area contributed by atoms with Crippen LogP contribution in [-0.2, 0) is 0 Å². The lowest BCUT2D eigenvalue weighted by Crippen LogP contribution is -2.23. The maximum absolute atomic E-state index is 3.75. The lowest BCUT2D eigenvalue weighted by molar-refractivity contribution is 0.366. The number of anilines is 1. The van der Waals surface area contributed by atoms with Crippen molar-refractivity contribution in [2.75, 3.05) is 5.32 Å². The molecule has 0 aromatic heterocycles. The van der Waals surface area contributed by atoms with Crippen LogP contribution in [0.15, 0.2) is 18.2 Å². The quantitative estimate of drug-likeness (QED) is 0.758. The fourth-order valence-corrected chi connectivity index (χ4v) is 3.55. The third kappa shape index (κ3) is 2.95. The predicted octanol–water partition coefficient (Wildman–Crippen LogP) is 4.84. The van der Waals surface area contributed by atoms with Crippen molar-refractivity contribution in [2.24, 2.45) is 11.3 Å². The van der Waals surface area contributed by atoms with Gasteiger partial charge in [-0.2, -0.15) is 0 Å². The maximum Gasteiger partial charge on any atom is 0.0382 e. The van der Waals surface area contributed by atoms with Gasteiger partial charge in [0.2, 0.25) is 0 Å². The number of hydrogen-bond donors (Lipinski definition) is 1. The number of rotatable bonds is 2. The van der Waals surface area contributed by atoms with E-state index in [4.69, 9.17) is 0 Å². The van der Waals surface area contributed by atoms with Crippen molar-refractivity contribution in [2.45, 2.75) is 46.6 Å². The van der Waals surface area contributed by atoms with Crippen LogP contribution in [0.1, 0.15) is 39.2 Å². The van der Waals surface area contributed by atoms with E-state index in [1.807, 2.05) is 0 Å². The van der Waals surface area contributed by atoms with Crippen LogP contribution in [0, 0.1) is 21.8 Å². The SMILES string of the molecule is Cc1c(I)cccc1NC1CC(C)(C)CC1C. The van der Waals surface area contributed by atoms with E-state index in [-0.39, 0.29) is 0 Å². The van der Waals surface area contributed by atoms with Crippen molar-refractivity contribution in [3.63, 3.8) is 0 Å². The first-order chi connectivity index (χ1) is 7.89. The molecule has 2 atom stereocenters. The summed E-state index contributed by atoms with van der Waals surface area (Å²) in [5, 5.41) is 3.75. The summed E-state index contributed by atoms with van der Waals surface area (Å²) in [7, 11) is 0. The predicted molar refractivity (Wildman–Crippen MR) is 83.5 cm³/mol. The second-order valence-corrected chi connectivity index (χ2v) is 7.38. The van der Waals surface area contributed by atoms with E-state index in [1.54, 1.807) is 0 Å². The largest absolute Gasteiger partial charge is 0.382 e. The molecular weight excluding hydrogens is 321 g/mol. The second kappa shape index (κ2) is 4.79. The first-order valence-corrected chi connectivity index (χ1v) is 7.48. The summed E-state index contributed by atoms with van der Waals surface area (Å²) in [6.45, 7) is 9.34. The van der Waals surface area contributed by atoms with Crippen LogP contribution in [0.5, 0.6) is 0 Å². The third-order valence-electron chi connectivity index (χ3n) is 3.94. The van der Waals surface area contributed by atoms with E-state index in [9.17, 15) is 0 Å². The molecule has 2 rings (SSSR count). The smallest absolute Gasteiger partial charge is 0.0382 e. The molecule has 1 aliphatic carbocycles. The van der Waals surface area contributed by atoms with Crippen LogP contribution < -0.4 is 5.32 Å². The summed E-state index contributed by atoms with van der Waals surface area (Å²) in [5.74, 6) is 0.766. The highest BCUT2D eigenvalue weighted by molar-refractivity contribution is 14.1. The van der Waals surface area contributed by atoms with Crippen molar-refractivity contribution < 1.29 is 0 Å². The highest BCUT2D eigenvalue weighted by atomic mass is 127. The van der Waals surface area contributed by atoms with Gasteiger partial charge in [-0.15, -0.1) is 0 Å². The second-order valence-electron chi connectivity index (χ2n) is 6.21. The van der Waals surface area contributed by atoms with Crippen molar-refractivity contribution >= 4 is 28.3 Å². The number of benzene rings is 1. The van der Waals surface area contributed by atoms with Crippen LogP contribution in [-0.4, -0.2) is 6.04 Å². The highest BCUT2D eigenvalue weighted by Gasteiger charge is 2.36. The molecule has 0 bridgehead atoms. The molecule has 1 fully saturated rings. The summed E-state index contributed by atoms with van der Waals surface area (Å²) in [6, 6.07) is 7.14. The van der Waals surface area contributed by atoms with Gasteiger partial charge >= 0.3 is 0 Å². The fourth-order valence-electron chi connectivity index (χ4n) is 3.05. The van der Waals surface area contributed by atoms with Gasteiger partial charge < -0.3 is 5.32 Å². The molecule has 2 unspecified atom stereocenters. The molecule has 1 aliphatic rings. The number of hydrogen-bond acceptors (Lipinski definition) is 1. The topological polar surface area (TPSA) is 12.0 Å². The summed E-state index contributed by atoms with van der Waals surface area (Å²) in [5.41, 5.74) is 3.18. The number of nitrogens with one attached hydrogen (secondary N) is 1. The molecule has 1 N–H and O–H groups in total. The van der Waals surface area contributed by atoms with E-state index >= 15 is 0 Å². The Morgan fingerprint density at radius 1 is 1.29 bits per heavy atom. The first kappa shape index (κ1) is 13.2. The van der Waals surface area contributed by atoms with Gasteiger partial charge in [0.15, 0.2) is 0 Å². The maximum atomic E-state index is 3.75. The van der Waals surface area contributed by atoms with Crippen LogP contribution in [0.25, 0.3) is 0 Å². The summed E-state index contributed by atoms with van der Waals surface area (Å²) in [6.07, 6.45) is 2.60. The van der Waals surface area contributed by atoms with Crippen molar-refractivity contribution in [3.8, 4) is 0 Å². The Bertz CT molecular complexity index is 411. The van der Waals surface area contributed by atoms with Crippen molar-refractivity contribution in [1.82, 2.24) is 0 Å². The van der Waals surface area contributed by atoms with Gasteiger partial charge in [0.05, 0.1) is 0 Å². The average Bonchev–Trinajstić information content (AvgIpc) is 2.47. The van der Waals surface area contributed by atoms with Gasteiger partial charge in [0.1, 0.15) is 0 Å². The van der Waals surface area contributed by atoms with E-state index in [2.05, 4.69) is 73.8 Å². The van der Waals surface area contributed by atoms with E-state index < -0.39 is 0 Å². The molecule has 1 saturated carbocycles. The Labute approximate surface area is 119 Å². The highest BCUT2D eigenvalue weighted by Crippen LogP contribution is 2.42. The molecule has 1 nitrogen and oxygen atoms in total. The Kier molecular flexibility index (Phi) is 3.71. The molecule has 2 heteroatoms. The first-order valence-electron chi connectivity index (χ1n) is 6.41. The van der Waals surface area contributed by atoms with E-state index in [1.165, 1.54) is 27.7 Å². The van der Waals surface area contributed by atoms with Gasteiger partial charge in [-0.1, -0.05) is 26.8 Å². The van der Waals surface area contributed by atoms with Crippen molar-refractivity contribution in [3.05, 3.63) is 27.3 Å². The molecular formula is C15H22IN. The molecule has 0 amide bonds. The van der Waals surface area contributed by atoms with Crippen LogP contribution in [0.2, 0.25) is 0 Å². The Balaban J connectivity index is 2.14. The summed E-state index contributed by atoms with van der Waals surface area (Å²) in [4.78, 5) is 0. The van der Waals surface area contributed by atoms with Gasteiger partial charge in [-0.25, -0.2) is 0 Å². The van der Waals surface area contributed by atoms with E-state index in [0.717, 1.165) is 5.92 Å². The fraction of sp³-hybridized carbons (Fsp3) is 0.600. The minimum Gasteiger partial charge on any atom is -0.382 e. The molecule has 1 aromatic carbocycles. The molecule has 94 valence electrons. The zero-order valence-electron chi connectivity index (χ0n) is 11.2. The molecule has 0 aliphatic heterocycles. The molecule has 0 spiro atoms. The van der Waals surface area contributed by atoms with Crippen LogP contribution >= 0.6 is 22.6 Å². The van der Waals surface area contributed by atoms with Crippen molar-refractivity contribution in [1.29, 1.82) is 0 Å². The minimum atomic E-state index is 0.493. The monoisotopic (exact) mass is 343 g/mol. The summed E-state index contributed by atoms with van der Waals surface area (Å²) < 4.78 is 1.34. The zero-order chi connectivity index (χ0) is 12.6. The van der Waals surface area contributed by atoms with Crippen LogP contribution in [0.4, 0.5) is 5.69 Å². The molecule has 0 radical (unpaired) electrons. The van der Waals surface area contributed by atoms with Gasteiger partial charge in [0, 0.05) is 15.3 Å². The number of halogens is 1. The zero-order valence-corrected chi connectivity index (χ0v) is 13.3. The molecule has 1 aromatic rings. The average molecular weight is 343 g/mol. The van der Waals surface area contributed by atoms with Crippen LogP contribution in [0.3, 0.4) is 0 Å². The third-order valence-corrected chi connectivity index (χ3v) is 5.11. The normalized spacial score (nSPS) is 27.1. The standard InChI is InChI=1S/C15H22IN/c1-10-8-15(3,4)9-14(10)17-13-7-5-6-12(16)11(13)2/h5-7,10,14,17H,8-9H2,1-4H3.